The van der Waals surface area contributed by atoms with Crippen molar-refractivity contribution in [2.45, 2.75) is 32.7 Å². The average molecular weight is 234 g/mol. The normalized spacial score (nSPS) is 19.6. The van der Waals surface area contributed by atoms with Gasteiger partial charge in [0.25, 0.3) is 0 Å². The maximum absolute atomic E-state index is 10.6. The van der Waals surface area contributed by atoms with Gasteiger partial charge in [-0.2, -0.15) is 0 Å². The van der Waals surface area contributed by atoms with E-state index in [1.54, 1.807) is 0 Å². The van der Waals surface area contributed by atoms with Gasteiger partial charge in [0, 0.05) is 17.2 Å². The van der Waals surface area contributed by atoms with Crippen molar-refractivity contribution < 1.29 is 4.92 Å². The van der Waals surface area contributed by atoms with Gasteiger partial charge in [-0.25, -0.2) is 0 Å². The SMILES string of the molecule is Cc1cc(C)cc(N2CCCC2C[N+](=O)[O-])c1. The summed E-state index contributed by atoms with van der Waals surface area (Å²) in [6.07, 6.45) is 1.97. The number of rotatable bonds is 3. The number of aryl methyl sites for hydroxylation is 2. The van der Waals surface area contributed by atoms with Crippen molar-refractivity contribution in [1.29, 1.82) is 0 Å². The molecule has 1 aliphatic rings. The van der Waals surface area contributed by atoms with Gasteiger partial charge in [0.15, 0.2) is 0 Å². The minimum atomic E-state index is -0.203. The Balaban J connectivity index is 2.22. The lowest BCUT2D eigenvalue weighted by Crippen LogP contribution is -2.35. The Labute approximate surface area is 101 Å². The molecule has 0 bridgehead atoms. The van der Waals surface area contributed by atoms with E-state index in [0.717, 1.165) is 25.1 Å². The highest BCUT2D eigenvalue weighted by Crippen LogP contribution is 2.27. The Bertz CT molecular complexity index is 411. The van der Waals surface area contributed by atoms with E-state index in [0.29, 0.717) is 0 Å². The lowest BCUT2D eigenvalue weighted by atomic mass is 10.1. The fraction of sp³-hybridized carbons (Fsp3) is 0.538. The maximum Gasteiger partial charge on any atom is 0.223 e. The van der Waals surface area contributed by atoms with E-state index < -0.39 is 0 Å². The van der Waals surface area contributed by atoms with Gasteiger partial charge < -0.3 is 4.90 Å². The molecule has 1 heterocycles. The Morgan fingerprint density at radius 1 is 1.35 bits per heavy atom. The summed E-state index contributed by atoms with van der Waals surface area (Å²) < 4.78 is 0. The van der Waals surface area contributed by atoms with Crippen molar-refractivity contribution >= 4 is 5.69 Å². The molecule has 0 amide bonds. The Hall–Kier alpha value is -1.58. The van der Waals surface area contributed by atoms with Gasteiger partial charge in [-0.1, -0.05) is 6.07 Å². The molecule has 4 heteroatoms. The summed E-state index contributed by atoms with van der Waals surface area (Å²) in [7, 11) is 0. The van der Waals surface area contributed by atoms with Gasteiger partial charge >= 0.3 is 0 Å². The second kappa shape index (κ2) is 4.73. The van der Waals surface area contributed by atoms with Crippen LogP contribution in [0.1, 0.15) is 24.0 Å². The van der Waals surface area contributed by atoms with E-state index >= 15 is 0 Å². The second-order valence-electron chi connectivity index (χ2n) is 4.85. The maximum atomic E-state index is 10.6. The fourth-order valence-electron chi connectivity index (χ4n) is 2.65. The molecular formula is C13H18N2O2. The standard InChI is InChI=1S/C13H18N2O2/c1-10-6-11(2)8-13(7-10)14-5-3-4-12(14)9-15(16)17/h6-8,12H,3-5,9H2,1-2H3. The van der Waals surface area contributed by atoms with E-state index in [9.17, 15) is 10.1 Å². The van der Waals surface area contributed by atoms with E-state index in [1.807, 2.05) is 0 Å². The van der Waals surface area contributed by atoms with Crippen LogP contribution in [0.2, 0.25) is 0 Å². The van der Waals surface area contributed by atoms with Crippen LogP contribution in [0.25, 0.3) is 0 Å². The molecule has 0 radical (unpaired) electrons. The number of nitro groups is 1. The second-order valence-corrected chi connectivity index (χ2v) is 4.85. The van der Waals surface area contributed by atoms with Gasteiger partial charge in [-0.15, -0.1) is 0 Å². The zero-order valence-electron chi connectivity index (χ0n) is 10.3. The summed E-state index contributed by atoms with van der Waals surface area (Å²) in [6.45, 7) is 5.11. The molecule has 2 rings (SSSR count). The molecule has 1 saturated heterocycles. The van der Waals surface area contributed by atoms with Crippen LogP contribution in [0.4, 0.5) is 5.69 Å². The predicted molar refractivity (Wildman–Crippen MR) is 68.1 cm³/mol. The van der Waals surface area contributed by atoms with Crippen LogP contribution in [0.15, 0.2) is 18.2 Å². The van der Waals surface area contributed by atoms with Gasteiger partial charge in [-0.05, 0) is 49.9 Å². The van der Waals surface area contributed by atoms with E-state index in [2.05, 4.69) is 36.9 Å². The predicted octanol–water partition coefficient (Wildman–Crippen LogP) is 2.55. The van der Waals surface area contributed by atoms with Gasteiger partial charge in [-0.3, -0.25) is 10.1 Å². The lowest BCUT2D eigenvalue weighted by Gasteiger charge is -2.24. The summed E-state index contributed by atoms with van der Waals surface area (Å²) >= 11 is 0. The third-order valence-corrected chi connectivity index (χ3v) is 3.28. The topological polar surface area (TPSA) is 46.4 Å². The minimum absolute atomic E-state index is 0.0486. The van der Waals surface area contributed by atoms with Crippen LogP contribution in [-0.4, -0.2) is 24.1 Å². The molecule has 92 valence electrons. The molecule has 0 aliphatic carbocycles. The smallest absolute Gasteiger partial charge is 0.223 e. The molecule has 4 nitrogen and oxygen atoms in total. The molecule has 0 saturated carbocycles. The van der Waals surface area contributed by atoms with Crippen molar-refractivity contribution in [3.63, 3.8) is 0 Å². The summed E-state index contributed by atoms with van der Waals surface area (Å²) in [5.74, 6) is 0. The number of anilines is 1. The first-order valence-electron chi connectivity index (χ1n) is 6.03. The number of nitrogens with zero attached hydrogens (tertiary/aromatic N) is 2. The summed E-state index contributed by atoms with van der Waals surface area (Å²) in [6, 6.07) is 6.42. The molecule has 1 aromatic carbocycles. The van der Waals surface area contributed by atoms with Gasteiger partial charge in [0.05, 0.1) is 6.04 Å². The van der Waals surface area contributed by atoms with Crippen LogP contribution in [0, 0.1) is 24.0 Å². The van der Waals surface area contributed by atoms with Gasteiger partial charge in [0.1, 0.15) is 0 Å². The molecule has 17 heavy (non-hydrogen) atoms. The summed E-state index contributed by atoms with van der Waals surface area (Å²) in [4.78, 5) is 12.6. The van der Waals surface area contributed by atoms with Crippen molar-refractivity contribution in [3.8, 4) is 0 Å². The zero-order chi connectivity index (χ0) is 12.4. The molecule has 0 N–H and O–H groups in total. The Kier molecular flexibility index (Phi) is 3.31. The molecule has 0 aromatic heterocycles. The molecule has 1 aliphatic heterocycles. The van der Waals surface area contributed by atoms with Crippen LogP contribution in [-0.2, 0) is 0 Å². The van der Waals surface area contributed by atoms with Crippen molar-refractivity contribution in [3.05, 3.63) is 39.4 Å². The number of hydrogen-bond donors (Lipinski definition) is 0. The first-order chi connectivity index (χ1) is 8.06. The van der Waals surface area contributed by atoms with Crippen LogP contribution >= 0.6 is 0 Å². The van der Waals surface area contributed by atoms with Crippen LogP contribution < -0.4 is 4.90 Å². The first-order valence-corrected chi connectivity index (χ1v) is 6.03. The van der Waals surface area contributed by atoms with E-state index in [-0.39, 0.29) is 17.5 Å². The Morgan fingerprint density at radius 3 is 2.59 bits per heavy atom. The molecule has 0 spiro atoms. The highest BCUT2D eigenvalue weighted by Gasteiger charge is 2.28. The van der Waals surface area contributed by atoms with E-state index in [1.165, 1.54) is 11.1 Å². The largest absolute Gasteiger partial charge is 0.362 e. The molecular weight excluding hydrogens is 216 g/mol. The quantitative estimate of drug-likeness (QED) is 0.596. The summed E-state index contributed by atoms with van der Waals surface area (Å²) in [5, 5.41) is 10.6. The molecule has 1 unspecified atom stereocenters. The third kappa shape index (κ3) is 2.75. The molecule has 1 atom stereocenters. The average Bonchev–Trinajstić information content (AvgIpc) is 2.63. The lowest BCUT2D eigenvalue weighted by molar-refractivity contribution is -0.482. The number of hydrogen-bond acceptors (Lipinski definition) is 3. The highest BCUT2D eigenvalue weighted by molar-refractivity contribution is 5.52. The van der Waals surface area contributed by atoms with Crippen molar-refractivity contribution in [2.24, 2.45) is 0 Å². The number of benzene rings is 1. The molecule has 1 aromatic rings. The minimum Gasteiger partial charge on any atom is -0.362 e. The third-order valence-electron chi connectivity index (χ3n) is 3.28. The first kappa shape index (κ1) is 11.9. The molecule has 1 fully saturated rings. The van der Waals surface area contributed by atoms with Crippen molar-refractivity contribution in [1.82, 2.24) is 0 Å². The Morgan fingerprint density at radius 2 is 2.00 bits per heavy atom. The van der Waals surface area contributed by atoms with Crippen LogP contribution in [0.3, 0.4) is 0 Å². The van der Waals surface area contributed by atoms with Crippen LogP contribution in [0.5, 0.6) is 0 Å². The highest BCUT2D eigenvalue weighted by atomic mass is 16.6. The van der Waals surface area contributed by atoms with E-state index in [4.69, 9.17) is 0 Å². The fourth-order valence-corrected chi connectivity index (χ4v) is 2.65. The van der Waals surface area contributed by atoms with Crippen molar-refractivity contribution in [2.75, 3.05) is 18.0 Å². The van der Waals surface area contributed by atoms with Gasteiger partial charge in [0.2, 0.25) is 6.54 Å². The summed E-state index contributed by atoms with van der Waals surface area (Å²) in [5.41, 5.74) is 3.56. The monoisotopic (exact) mass is 234 g/mol. The zero-order valence-corrected chi connectivity index (χ0v) is 10.3.